The summed E-state index contributed by atoms with van der Waals surface area (Å²) in [7, 11) is 1.34. The molecule has 1 amide bonds. The van der Waals surface area contributed by atoms with Gasteiger partial charge < -0.3 is 14.8 Å². The van der Waals surface area contributed by atoms with Gasteiger partial charge in [-0.15, -0.1) is 0 Å². The Labute approximate surface area is 121 Å². The molecule has 1 atom stereocenters. The Kier molecular flexibility index (Phi) is 5.42. The van der Waals surface area contributed by atoms with Crippen LogP contribution < -0.4 is 5.32 Å². The van der Waals surface area contributed by atoms with Crippen LogP contribution in [0.3, 0.4) is 0 Å². The minimum atomic E-state index is -0.641. The highest BCUT2D eigenvalue weighted by atomic mass is 16.6. The van der Waals surface area contributed by atoms with Crippen LogP contribution in [-0.2, 0) is 14.3 Å². The third-order valence-corrected chi connectivity index (χ3v) is 3.68. The van der Waals surface area contributed by atoms with Crippen LogP contribution in [-0.4, -0.2) is 30.8 Å². The van der Waals surface area contributed by atoms with E-state index in [1.165, 1.54) is 20.0 Å². The number of ether oxygens (including phenoxy) is 2. The van der Waals surface area contributed by atoms with E-state index in [2.05, 4.69) is 12.2 Å². The minimum absolute atomic E-state index is 0.0911. The molecule has 116 valence electrons. The molecule has 5 nitrogen and oxygen atoms in total. The highest BCUT2D eigenvalue weighted by Gasteiger charge is 2.36. The van der Waals surface area contributed by atoms with E-state index in [-0.39, 0.29) is 5.41 Å². The Morgan fingerprint density at radius 3 is 2.25 bits per heavy atom. The second-order valence-electron chi connectivity index (χ2n) is 6.94. The molecular weight excluding hydrogens is 258 g/mol. The number of methoxy groups -OCH3 is 1. The number of nitrogens with one attached hydrogen (secondary N) is 1. The number of amides is 1. The van der Waals surface area contributed by atoms with Crippen LogP contribution in [0.25, 0.3) is 0 Å². The number of hydrogen-bond donors (Lipinski definition) is 1. The molecule has 1 unspecified atom stereocenters. The molecule has 0 radical (unpaired) electrons. The van der Waals surface area contributed by atoms with Crippen LogP contribution in [0.1, 0.15) is 59.8 Å². The summed E-state index contributed by atoms with van der Waals surface area (Å²) in [6.45, 7) is 7.53. The molecule has 0 aromatic rings. The van der Waals surface area contributed by atoms with Crippen LogP contribution in [0.5, 0.6) is 0 Å². The standard InChI is InChI=1S/C15H27NO4/c1-14(2,3)20-13(18)16-11(12(17)19-5)10-15(4)8-6-7-9-15/h11H,6-10H2,1-5H3,(H,16,18). The van der Waals surface area contributed by atoms with Crippen molar-refractivity contribution in [1.82, 2.24) is 5.32 Å². The molecule has 0 spiro atoms. The molecule has 5 heteroatoms. The molecule has 1 aliphatic rings. The lowest BCUT2D eigenvalue weighted by Gasteiger charge is -2.29. The predicted octanol–water partition coefficient (Wildman–Crippen LogP) is 3.02. The maximum Gasteiger partial charge on any atom is 0.408 e. The molecule has 0 heterocycles. The van der Waals surface area contributed by atoms with Crippen LogP contribution in [0.2, 0.25) is 0 Å². The van der Waals surface area contributed by atoms with Gasteiger partial charge in [-0.25, -0.2) is 9.59 Å². The molecule has 0 aromatic heterocycles. The Morgan fingerprint density at radius 2 is 1.80 bits per heavy atom. The van der Waals surface area contributed by atoms with Gasteiger partial charge in [-0.05, 0) is 45.4 Å². The van der Waals surface area contributed by atoms with Crippen LogP contribution in [0.4, 0.5) is 4.79 Å². The number of hydrogen-bond acceptors (Lipinski definition) is 4. The predicted molar refractivity (Wildman–Crippen MR) is 76.4 cm³/mol. The molecule has 1 rings (SSSR count). The smallest absolute Gasteiger partial charge is 0.408 e. The number of alkyl carbamates (subject to hydrolysis) is 1. The number of carbonyl (C=O) groups excluding carboxylic acids is 2. The van der Waals surface area contributed by atoms with Gasteiger partial charge in [-0.3, -0.25) is 0 Å². The quantitative estimate of drug-likeness (QED) is 0.806. The van der Waals surface area contributed by atoms with Gasteiger partial charge >= 0.3 is 12.1 Å². The van der Waals surface area contributed by atoms with Crippen molar-refractivity contribution in [2.45, 2.75) is 71.4 Å². The van der Waals surface area contributed by atoms with E-state index in [4.69, 9.17) is 9.47 Å². The summed E-state index contributed by atoms with van der Waals surface area (Å²) < 4.78 is 9.99. The molecular formula is C15H27NO4. The summed E-state index contributed by atoms with van der Waals surface area (Å²) in [5.74, 6) is -0.413. The van der Waals surface area contributed by atoms with Crippen molar-refractivity contribution in [2.75, 3.05) is 7.11 Å². The monoisotopic (exact) mass is 285 g/mol. The van der Waals surface area contributed by atoms with Crippen molar-refractivity contribution in [3.05, 3.63) is 0 Å². The first-order valence-electron chi connectivity index (χ1n) is 7.23. The summed E-state index contributed by atoms with van der Waals surface area (Å²) in [5, 5.41) is 2.64. The highest BCUT2D eigenvalue weighted by molar-refractivity contribution is 5.81. The molecule has 1 N–H and O–H groups in total. The fourth-order valence-corrected chi connectivity index (χ4v) is 2.71. The van der Waals surface area contributed by atoms with Gasteiger partial charge in [0.1, 0.15) is 11.6 Å². The van der Waals surface area contributed by atoms with Crippen LogP contribution in [0, 0.1) is 5.41 Å². The average Bonchev–Trinajstić information content (AvgIpc) is 2.71. The van der Waals surface area contributed by atoms with Gasteiger partial charge in [0.15, 0.2) is 0 Å². The van der Waals surface area contributed by atoms with Crippen LogP contribution in [0.15, 0.2) is 0 Å². The van der Waals surface area contributed by atoms with Gasteiger partial charge in [0.05, 0.1) is 7.11 Å². The van der Waals surface area contributed by atoms with Crippen molar-refractivity contribution in [3.63, 3.8) is 0 Å². The molecule has 1 fully saturated rings. The molecule has 20 heavy (non-hydrogen) atoms. The maximum atomic E-state index is 11.9. The Hall–Kier alpha value is -1.26. The van der Waals surface area contributed by atoms with E-state index in [1.54, 1.807) is 20.8 Å². The van der Waals surface area contributed by atoms with Crippen molar-refractivity contribution in [1.29, 1.82) is 0 Å². The SMILES string of the molecule is COC(=O)C(CC1(C)CCCC1)NC(=O)OC(C)(C)C. The number of carbonyl (C=O) groups is 2. The Balaban J connectivity index is 2.65. The summed E-state index contributed by atoms with van der Waals surface area (Å²) in [6, 6.07) is -0.641. The van der Waals surface area contributed by atoms with E-state index in [9.17, 15) is 9.59 Å². The van der Waals surface area contributed by atoms with Gasteiger partial charge in [-0.1, -0.05) is 19.8 Å². The largest absolute Gasteiger partial charge is 0.467 e. The third-order valence-electron chi connectivity index (χ3n) is 3.68. The fraction of sp³-hybridized carbons (Fsp3) is 0.867. The summed E-state index contributed by atoms with van der Waals surface area (Å²) in [4.78, 5) is 23.7. The van der Waals surface area contributed by atoms with Crippen LogP contribution >= 0.6 is 0 Å². The zero-order valence-corrected chi connectivity index (χ0v) is 13.2. The Bertz CT molecular complexity index is 353. The van der Waals surface area contributed by atoms with Gasteiger partial charge in [0.2, 0.25) is 0 Å². The summed E-state index contributed by atoms with van der Waals surface area (Å²) in [5.41, 5.74) is -0.490. The normalized spacial score (nSPS) is 19.2. The second kappa shape index (κ2) is 6.46. The Morgan fingerprint density at radius 1 is 1.25 bits per heavy atom. The van der Waals surface area contributed by atoms with Gasteiger partial charge in [-0.2, -0.15) is 0 Å². The maximum absolute atomic E-state index is 11.9. The van der Waals surface area contributed by atoms with E-state index in [0.717, 1.165) is 12.8 Å². The van der Waals surface area contributed by atoms with Crippen molar-refractivity contribution >= 4 is 12.1 Å². The minimum Gasteiger partial charge on any atom is -0.467 e. The first kappa shape index (κ1) is 16.8. The lowest BCUT2D eigenvalue weighted by Crippen LogP contribution is -2.46. The molecule has 1 saturated carbocycles. The van der Waals surface area contributed by atoms with Gasteiger partial charge in [0, 0.05) is 0 Å². The highest BCUT2D eigenvalue weighted by Crippen LogP contribution is 2.41. The average molecular weight is 285 g/mol. The number of esters is 1. The topological polar surface area (TPSA) is 64.6 Å². The zero-order chi connectivity index (χ0) is 15.4. The lowest BCUT2D eigenvalue weighted by atomic mass is 9.82. The molecule has 0 bridgehead atoms. The molecule has 0 aliphatic heterocycles. The summed E-state index contributed by atoms with van der Waals surface area (Å²) in [6.07, 6.45) is 4.54. The first-order valence-corrected chi connectivity index (χ1v) is 7.23. The fourth-order valence-electron chi connectivity index (χ4n) is 2.71. The van der Waals surface area contributed by atoms with E-state index in [1.807, 2.05) is 0 Å². The van der Waals surface area contributed by atoms with E-state index < -0.39 is 23.7 Å². The van der Waals surface area contributed by atoms with Crippen molar-refractivity contribution < 1.29 is 19.1 Å². The molecule has 0 aromatic carbocycles. The van der Waals surface area contributed by atoms with Crippen molar-refractivity contribution in [3.8, 4) is 0 Å². The van der Waals surface area contributed by atoms with Crippen molar-refractivity contribution in [2.24, 2.45) is 5.41 Å². The lowest BCUT2D eigenvalue weighted by molar-refractivity contribution is -0.144. The third kappa shape index (κ3) is 5.39. The summed E-state index contributed by atoms with van der Waals surface area (Å²) >= 11 is 0. The van der Waals surface area contributed by atoms with E-state index in [0.29, 0.717) is 6.42 Å². The molecule has 0 saturated heterocycles. The number of rotatable bonds is 4. The zero-order valence-electron chi connectivity index (χ0n) is 13.2. The first-order chi connectivity index (χ1) is 9.15. The second-order valence-corrected chi connectivity index (χ2v) is 6.94. The molecule has 1 aliphatic carbocycles. The van der Waals surface area contributed by atoms with Gasteiger partial charge in [0.25, 0.3) is 0 Å². The van der Waals surface area contributed by atoms with E-state index >= 15 is 0 Å².